The van der Waals surface area contributed by atoms with Crippen molar-refractivity contribution >= 4 is 28.9 Å². The third-order valence-electron chi connectivity index (χ3n) is 3.06. The van der Waals surface area contributed by atoms with Crippen molar-refractivity contribution in [2.75, 3.05) is 5.32 Å². The van der Waals surface area contributed by atoms with E-state index in [1.54, 1.807) is 0 Å². The van der Waals surface area contributed by atoms with E-state index in [9.17, 15) is 18.4 Å². The van der Waals surface area contributed by atoms with E-state index in [1.165, 1.54) is 18.3 Å². The summed E-state index contributed by atoms with van der Waals surface area (Å²) in [4.78, 5) is 23.6. The van der Waals surface area contributed by atoms with Crippen LogP contribution in [0, 0.1) is 11.6 Å². The molecule has 0 aliphatic carbocycles. The Bertz CT molecular complexity index is 689. The van der Waals surface area contributed by atoms with E-state index in [-0.39, 0.29) is 12.1 Å². The van der Waals surface area contributed by atoms with Crippen LogP contribution in [0.3, 0.4) is 0 Å². The smallest absolute Gasteiger partial charge is 0.306 e. The van der Waals surface area contributed by atoms with Crippen molar-refractivity contribution in [2.24, 2.45) is 0 Å². The maximum Gasteiger partial charge on any atom is 0.306 e. The molecule has 1 atom stereocenters. The van der Waals surface area contributed by atoms with Crippen molar-refractivity contribution < 1.29 is 23.1 Å². The fourth-order valence-corrected chi connectivity index (χ4v) is 2.52. The van der Waals surface area contributed by atoms with E-state index in [1.807, 2.05) is 16.8 Å². The van der Waals surface area contributed by atoms with Crippen LogP contribution in [0.1, 0.15) is 18.9 Å². The highest BCUT2D eigenvalue weighted by atomic mass is 32.1. The average molecular weight is 339 g/mol. The Morgan fingerprint density at radius 2 is 2.09 bits per heavy atom. The number of rotatable bonds is 6. The number of ether oxygens (including phenoxy) is 1. The Labute approximate surface area is 136 Å². The fourth-order valence-electron chi connectivity index (χ4n) is 1.82. The SMILES string of the molecule is C[C@H](OC(=O)CCc1ccsc1)C(=O)Nc1cc(F)ccc1F. The van der Waals surface area contributed by atoms with E-state index in [0.717, 1.165) is 23.8 Å². The first-order valence-electron chi connectivity index (χ1n) is 6.92. The van der Waals surface area contributed by atoms with Crippen molar-refractivity contribution in [3.8, 4) is 0 Å². The molecule has 0 aliphatic rings. The fraction of sp³-hybridized carbons (Fsp3) is 0.250. The first-order chi connectivity index (χ1) is 11.0. The van der Waals surface area contributed by atoms with Gasteiger partial charge in [0.2, 0.25) is 0 Å². The monoisotopic (exact) mass is 339 g/mol. The molecule has 23 heavy (non-hydrogen) atoms. The van der Waals surface area contributed by atoms with E-state index in [2.05, 4.69) is 5.32 Å². The van der Waals surface area contributed by atoms with Gasteiger partial charge in [-0.2, -0.15) is 11.3 Å². The molecule has 1 amide bonds. The van der Waals surface area contributed by atoms with Gasteiger partial charge in [0.15, 0.2) is 6.10 Å². The lowest BCUT2D eigenvalue weighted by Crippen LogP contribution is -2.30. The van der Waals surface area contributed by atoms with Gasteiger partial charge in [0, 0.05) is 12.5 Å². The molecule has 0 bridgehead atoms. The number of anilines is 1. The van der Waals surface area contributed by atoms with Gasteiger partial charge in [-0.15, -0.1) is 0 Å². The zero-order valence-corrected chi connectivity index (χ0v) is 13.2. The minimum atomic E-state index is -1.10. The van der Waals surface area contributed by atoms with Crippen LogP contribution in [0.25, 0.3) is 0 Å². The molecule has 1 heterocycles. The quantitative estimate of drug-likeness (QED) is 0.819. The number of carbonyl (C=O) groups excluding carboxylic acids is 2. The lowest BCUT2D eigenvalue weighted by Gasteiger charge is -2.14. The first kappa shape index (κ1) is 17.1. The molecule has 0 saturated carbocycles. The summed E-state index contributed by atoms with van der Waals surface area (Å²) in [5, 5.41) is 6.03. The van der Waals surface area contributed by atoms with Gasteiger partial charge in [-0.05, 0) is 47.9 Å². The highest BCUT2D eigenvalue weighted by molar-refractivity contribution is 7.07. The van der Waals surface area contributed by atoms with Crippen molar-refractivity contribution in [3.63, 3.8) is 0 Å². The van der Waals surface area contributed by atoms with Crippen molar-refractivity contribution in [1.82, 2.24) is 0 Å². The predicted molar refractivity (Wildman–Crippen MR) is 83.2 cm³/mol. The van der Waals surface area contributed by atoms with Gasteiger partial charge in [0.1, 0.15) is 11.6 Å². The van der Waals surface area contributed by atoms with Crippen LogP contribution in [0.2, 0.25) is 0 Å². The highest BCUT2D eigenvalue weighted by Crippen LogP contribution is 2.16. The van der Waals surface area contributed by atoms with Gasteiger partial charge in [0.05, 0.1) is 5.69 Å². The molecule has 0 spiro atoms. The Morgan fingerprint density at radius 3 is 2.78 bits per heavy atom. The number of nitrogens with one attached hydrogen (secondary N) is 1. The summed E-state index contributed by atoms with van der Waals surface area (Å²) in [7, 11) is 0. The lowest BCUT2D eigenvalue weighted by atomic mass is 10.2. The maximum absolute atomic E-state index is 13.4. The first-order valence-corrected chi connectivity index (χ1v) is 7.86. The molecule has 1 N–H and O–H groups in total. The van der Waals surface area contributed by atoms with Gasteiger partial charge < -0.3 is 10.1 Å². The molecule has 7 heteroatoms. The molecule has 4 nitrogen and oxygen atoms in total. The van der Waals surface area contributed by atoms with Crippen LogP contribution in [0.15, 0.2) is 35.0 Å². The molecule has 122 valence electrons. The number of carbonyl (C=O) groups is 2. The molecule has 1 aromatic carbocycles. The summed E-state index contributed by atoms with van der Waals surface area (Å²) in [6.07, 6.45) is -0.439. The average Bonchev–Trinajstić information content (AvgIpc) is 3.02. The Morgan fingerprint density at radius 1 is 1.30 bits per heavy atom. The molecule has 0 saturated heterocycles. The van der Waals surface area contributed by atoms with Crippen molar-refractivity contribution in [1.29, 1.82) is 0 Å². The number of amides is 1. The molecule has 1 aromatic heterocycles. The number of aryl methyl sites for hydroxylation is 1. The topological polar surface area (TPSA) is 55.4 Å². The lowest BCUT2D eigenvalue weighted by molar-refractivity contribution is -0.153. The number of esters is 1. The summed E-state index contributed by atoms with van der Waals surface area (Å²) in [6, 6.07) is 4.61. The van der Waals surface area contributed by atoms with Gasteiger partial charge in [-0.1, -0.05) is 0 Å². The summed E-state index contributed by atoms with van der Waals surface area (Å²) < 4.78 is 31.5. The van der Waals surface area contributed by atoms with Crippen molar-refractivity contribution in [2.45, 2.75) is 25.9 Å². The standard InChI is InChI=1S/C16H15F2NO3S/c1-10(22-15(20)5-2-11-6-7-23-9-11)16(21)19-14-8-12(17)3-4-13(14)18/h3-4,6-10H,2,5H2,1H3,(H,19,21)/t10-/m0/s1. The van der Waals surface area contributed by atoms with E-state index in [0.29, 0.717) is 6.42 Å². The molecule has 2 rings (SSSR count). The molecular weight excluding hydrogens is 324 g/mol. The predicted octanol–water partition coefficient (Wildman–Crippen LogP) is 3.53. The van der Waals surface area contributed by atoms with E-state index < -0.39 is 29.6 Å². The van der Waals surface area contributed by atoms with Crippen LogP contribution in [0.5, 0.6) is 0 Å². The number of hydrogen-bond acceptors (Lipinski definition) is 4. The summed E-state index contributed by atoms with van der Waals surface area (Å²) in [5.74, 6) is -2.70. The van der Waals surface area contributed by atoms with Crippen LogP contribution >= 0.6 is 11.3 Å². The Balaban J connectivity index is 1.84. The van der Waals surface area contributed by atoms with Crippen LogP contribution in [-0.4, -0.2) is 18.0 Å². The zero-order valence-electron chi connectivity index (χ0n) is 12.3. The Hall–Kier alpha value is -2.28. The Kier molecular flexibility index (Phi) is 5.81. The minimum absolute atomic E-state index is 0.142. The van der Waals surface area contributed by atoms with Gasteiger partial charge >= 0.3 is 5.97 Å². The second kappa shape index (κ2) is 7.82. The van der Waals surface area contributed by atoms with Gasteiger partial charge in [0.25, 0.3) is 5.91 Å². The minimum Gasteiger partial charge on any atom is -0.453 e. The van der Waals surface area contributed by atoms with Crippen LogP contribution in [0.4, 0.5) is 14.5 Å². The third-order valence-corrected chi connectivity index (χ3v) is 3.79. The van der Waals surface area contributed by atoms with Gasteiger partial charge in [-0.25, -0.2) is 8.78 Å². The molecular formula is C16H15F2NO3S. The number of thiophene rings is 1. The largest absolute Gasteiger partial charge is 0.453 e. The summed E-state index contributed by atoms with van der Waals surface area (Å²) in [6.45, 7) is 1.37. The highest BCUT2D eigenvalue weighted by Gasteiger charge is 2.19. The molecule has 2 aromatic rings. The molecule has 0 aliphatic heterocycles. The van der Waals surface area contributed by atoms with E-state index in [4.69, 9.17) is 4.74 Å². The summed E-state index contributed by atoms with van der Waals surface area (Å²) in [5.41, 5.74) is 0.724. The second-order valence-corrected chi connectivity index (χ2v) is 5.66. The number of benzene rings is 1. The molecule has 0 unspecified atom stereocenters. The maximum atomic E-state index is 13.4. The third kappa shape index (κ3) is 5.14. The molecule has 0 fully saturated rings. The van der Waals surface area contributed by atoms with Crippen LogP contribution in [-0.2, 0) is 20.7 Å². The zero-order chi connectivity index (χ0) is 16.8. The second-order valence-electron chi connectivity index (χ2n) is 4.88. The molecule has 0 radical (unpaired) electrons. The van der Waals surface area contributed by atoms with E-state index >= 15 is 0 Å². The van der Waals surface area contributed by atoms with Crippen LogP contribution < -0.4 is 5.32 Å². The number of hydrogen-bond donors (Lipinski definition) is 1. The summed E-state index contributed by atoms with van der Waals surface area (Å²) >= 11 is 1.53. The van der Waals surface area contributed by atoms with Crippen molar-refractivity contribution in [3.05, 3.63) is 52.2 Å². The van der Waals surface area contributed by atoms with Gasteiger partial charge in [-0.3, -0.25) is 9.59 Å². The normalized spacial score (nSPS) is 11.8. The number of halogens is 2.